The molecule has 0 fully saturated rings. The first-order valence-electron chi connectivity index (χ1n) is 5.42. The van der Waals surface area contributed by atoms with Gasteiger partial charge in [0, 0.05) is 0 Å². The van der Waals surface area contributed by atoms with Gasteiger partial charge in [-0.3, -0.25) is 0 Å². The molecule has 68 valence electrons. The van der Waals surface area contributed by atoms with Crippen LogP contribution in [0.15, 0.2) is 0 Å². The molecule has 0 saturated carbocycles. The monoisotopic (exact) mass is 180 g/mol. The van der Waals surface area contributed by atoms with Gasteiger partial charge >= 0.3 is 94.7 Å². The summed E-state index contributed by atoms with van der Waals surface area (Å²) in [6.45, 7) is 4.47. The van der Waals surface area contributed by atoms with Crippen molar-refractivity contribution in [3.05, 3.63) is 0 Å². The second kappa shape index (κ2) is 8.55. The summed E-state index contributed by atoms with van der Waals surface area (Å²) in [4.78, 5) is 0. The molecule has 2 unspecified atom stereocenters. The van der Waals surface area contributed by atoms with Crippen molar-refractivity contribution in [1.82, 2.24) is 0 Å². The van der Waals surface area contributed by atoms with E-state index in [2.05, 4.69) is 13.8 Å². The Morgan fingerprint density at radius 1 is 1.33 bits per heavy atom. The first-order valence-corrected chi connectivity index (χ1v) is 6.83. The van der Waals surface area contributed by atoms with Gasteiger partial charge in [-0.25, -0.2) is 0 Å². The summed E-state index contributed by atoms with van der Waals surface area (Å²) in [5.41, 5.74) is 0. The molecule has 0 aliphatic heterocycles. The summed E-state index contributed by atoms with van der Waals surface area (Å²) >= 11 is 1.14. The Kier molecular flexibility index (Phi) is 9.24. The van der Waals surface area contributed by atoms with Crippen LogP contribution in [-0.2, 0) is 0 Å². The molecule has 1 N–H and O–H groups in total. The molecule has 0 aromatic heterocycles. The average molecular weight is 180 g/mol. The van der Waals surface area contributed by atoms with Crippen molar-refractivity contribution >= 4 is 27.9 Å². The molecular formula is C10H21NaO. The third-order valence-electron chi connectivity index (χ3n) is 2.62. The molecule has 0 spiro atoms. The number of hydrogen-bond acceptors (Lipinski definition) is 1. The van der Waals surface area contributed by atoms with E-state index in [4.69, 9.17) is 0 Å². The topological polar surface area (TPSA) is 20.2 Å². The third kappa shape index (κ3) is 6.47. The number of unbranched alkanes of at least 4 members (excludes halogenated alkanes) is 1. The number of hydrogen-bond donors (Lipinski definition) is 1. The molecule has 2 atom stereocenters. The molecule has 1 nitrogen and oxygen atoms in total. The summed E-state index contributed by atoms with van der Waals surface area (Å²) in [6, 6.07) is 0. The molecule has 0 aromatic rings. The van der Waals surface area contributed by atoms with Crippen LogP contribution in [0.2, 0.25) is 3.67 Å². The van der Waals surface area contributed by atoms with Gasteiger partial charge in [-0.2, -0.15) is 0 Å². The van der Waals surface area contributed by atoms with E-state index < -0.39 is 0 Å². The fourth-order valence-electron chi connectivity index (χ4n) is 1.53. The van der Waals surface area contributed by atoms with Crippen molar-refractivity contribution in [1.29, 1.82) is 0 Å². The van der Waals surface area contributed by atoms with E-state index >= 15 is 0 Å². The zero-order valence-corrected chi connectivity index (χ0v) is 10.8. The Hall–Kier alpha value is 0.960. The Labute approximate surface area is 94.4 Å². The third-order valence-corrected chi connectivity index (χ3v) is 3.56. The second-order valence-corrected chi connectivity index (χ2v) is 4.53. The van der Waals surface area contributed by atoms with Crippen LogP contribution in [-0.4, -0.2) is 39.1 Å². The van der Waals surface area contributed by atoms with Crippen LogP contribution < -0.4 is 0 Å². The first kappa shape index (κ1) is 13.0. The van der Waals surface area contributed by atoms with E-state index in [1.807, 2.05) is 0 Å². The van der Waals surface area contributed by atoms with Gasteiger partial charge in [-0.15, -0.1) is 0 Å². The van der Waals surface area contributed by atoms with Crippen molar-refractivity contribution < 1.29 is 5.11 Å². The number of aliphatic hydroxyl groups is 1. The maximum absolute atomic E-state index is 9.49. The van der Waals surface area contributed by atoms with Crippen molar-refractivity contribution in [2.24, 2.45) is 5.92 Å². The number of aliphatic hydroxyl groups excluding tert-OH is 1. The molecule has 0 radical (unpaired) electrons. The van der Waals surface area contributed by atoms with Gasteiger partial charge in [-0.05, 0) is 0 Å². The molecule has 0 saturated heterocycles. The molecular weight excluding hydrogens is 159 g/mol. The second-order valence-electron chi connectivity index (χ2n) is 3.71. The van der Waals surface area contributed by atoms with Crippen molar-refractivity contribution in [2.75, 3.05) is 0 Å². The molecule has 0 aromatic carbocycles. The van der Waals surface area contributed by atoms with Crippen LogP contribution in [0.3, 0.4) is 0 Å². The average Bonchev–Trinajstić information content (AvgIpc) is 2.11. The Balaban J connectivity index is 3.51. The fraction of sp³-hybridized carbons (Fsp3) is 1.00. The van der Waals surface area contributed by atoms with Crippen LogP contribution in [0.1, 0.15) is 46.0 Å². The van der Waals surface area contributed by atoms with Crippen LogP contribution >= 0.6 is 0 Å². The molecule has 0 rings (SSSR count). The van der Waals surface area contributed by atoms with Gasteiger partial charge in [0.05, 0.1) is 0 Å². The van der Waals surface area contributed by atoms with Crippen LogP contribution in [0, 0.1) is 5.92 Å². The summed E-state index contributed by atoms with van der Waals surface area (Å²) in [5, 5.41) is 9.49. The Bertz CT molecular complexity index is 95.8. The quantitative estimate of drug-likeness (QED) is 0.597. The summed E-state index contributed by atoms with van der Waals surface area (Å²) in [7, 11) is 0. The van der Waals surface area contributed by atoms with E-state index in [1.165, 1.54) is 25.7 Å². The Morgan fingerprint density at radius 3 is 2.42 bits per heavy atom. The molecule has 0 heterocycles. The van der Waals surface area contributed by atoms with E-state index in [9.17, 15) is 5.11 Å². The standard InChI is InChI=1S/C10H21O.Na/c1-4-6-7-10(5-2)8-9(3)11;/h9-11H,3-8H2,1-2H3;. The van der Waals surface area contributed by atoms with Crippen LogP contribution in [0.5, 0.6) is 0 Å². The van der Waals surface area contributed by atoms with E-state index in [1.54, 1.807) is 0 Å². The van der Waals surface area contributed by atoms with E-state index in [0.29, 0.717) is 0 Å². The van der Waals surface area contributed by atoms with E-state index in [-0.39, 0.29) is 6.10 Å². The molecule has 0 aliphatic rings. The zero-order chi connectivity index (χ0) is 9.40. The Morgan fingerprint density at radius 2 is 2.00 bits per heavy atom. The van der Waals surface area contributed by atoms with Crippen LogP contribution in [0.4, 0.5) is 0 Å². The van der Waals surface area contributed by atoms with Gasteiger partial charge in [0.25, 0.3) is 0 Å². The van der Waals surface area contributed by atoms with Crippen molar-refractivity contribution in [2.45, 2.75) is 55.7 Å². The first-order chi connectivity index (χ1) is 5.74. The van der Waals surface area contributed by atoms with Crippen molar-refractivity contribution in [3.8, 4) is 0 Å². The molecule has 0 bridgehead atoms. The van der Waals surface area contributed by atoms with Gasteiger partial charge in [0.15, 0.2) is 0 Å². The zero-order valence-electron chi connectivity index (χ0n) is 8.84. The fourth-order valence-corrected chi connectivity index (χ4v) is 1.87. The summed E-state index contributed by atoms with van der Waals surface area (Å²) in [5.74, 6) is 0.772. The SMILES string of the molecule is CCCCC(CC)CC(O)[CH2][Na]. The number of rotatable bonds is 7. The molecule has 12 heavy (non-hydrogen) atoms. The molecule has 2 heteroatoms. The summed E-state index contributed by atoms with van der Waals surface area (Å²) in [6.07, 6.45) is 6.20. The summed E-state index contributed by atoms with van der Waals surface area (Å²) < 4.78 is 1.04. The minimum absolute atomic E-state index is 0.00141. The van der Waals surface area contributed by atoms with Gasteiger partial charge in [-0.1, -0.05) is 0 Å². The maximum atomic E-state index is 9.49. The minimum atomic E-state index is -0.00141. The predicted molar refractivity (Wildman–Crippen MR) is 54.5 cm³/mol. The normalized spacial score (nSPS) is 16.1. The molecule has 0 aliphatic carbocycles. The van der Waals surface area contributed by atoms with Gasteiger partial charge in [0.2, 0.25) is 0 Å². The van der Waals surface area contributed by atoms with Crippen molar-refractivity contribution in [3.63, 3.8) is 0 Å². The van der Waals surface area contributed by atoms with E-state index in [0.717, 1.165) is 43.9 Å². The van der Waals surface area contributed by atoms with Gasteiger partial charge in [0.1, 0.15) is 0 Å². The predicted octanol–water partition coefficient (Wildman–Crippen LogP) is 2.54. The van der Waals surface area contributed by atoms with Gasteiger partial charge < -0.3 is 0 Å². The molecule has 0 amide bonds. The van der Waals surface area contributed by atoms with Crippen LogP contribution in [0.25, 0.3) is 0 Å².